The second-order valence-electron chi connectivity index (χ2n) is 7.40. The summed E-state index contributed by atoms with van der Waals surface area (Å²) in [7, 11) is -2.34. The Kier molecular flexibility index (Phi) is 5.67. The van der Waals surface area contributed by atoms with Crippen LogP contribution >= 0.6 is 0 Å². The molecule has 0 radical (unpaired) electrons. The highest BCUT2D eigenvalue weighted by atomic mass is 32.2. The zero-order valence-corrected chi connectivity index (χ0v) is 17.2. The van der Waals surface area contributed by atoms with E-state index in [1.165, 1.54) is 0 Å². The van der Waals surface area contributed by atoms with E-state index in [1.54, 1.807) is 5.01 Å². The van der Waals surface area contributed by atoms with Crippen molar-refractivity contribution in [1.29, 1.82) is 0 Å². The molecule has 2 aromatic carbocycles. The zero-order chi connectivity index (χ0) is 20.4. The molecule has 1 aliphatic heterocycles. The van der Waals surface area contributed by atoms with Gasteiger partial charge in [-0.25, -0.2) is 8.42 Å². The standard InChI is InChI=1S/C21H25N3O3S/c1-21(2)18-12-7-8-13-19(18)24(14-9-15-28(25,26)27)20(21)16-22-23(3)17-10-5-4-6-11-17/h4-8,10-13,16H,9,14-15H2,1-3H3. The van der Waals surface area contributed by atoms with E-state index in [0.717, 1.165) is 22.6 Å². The molecular formula is C21H25N3O3S. The van der Waals surface area contributed by atoms with Gasteiger partial charge in [0.15, 0.2) is 0 Å². The Hall–Kier alpha value is -2.51. The highest BCUT2D eigenvalue weighted by Crippen LogP contribution is 2.39. The van der Waals surface area contributed by atoms with Crippen LogP contribution in [-0.4, -0.2) is 48.8 Å². The minimum absolute atomic E-state index is 0.266. The monoisotopic (exact) mass is 399 g/mol. The van der Waals surface area contributed by atoms with E-state index in [-0.39, 0.29) is 17.6 Å². The van der Waals surface area contributed by atoms with Crippen LogP contribution in [0.3, 0.4) is 0 Å². The van der Waals surface area contributed by atoms with Crippen LogP contribution in [0.1, 0.15) is 25.8 Å². The van der Waals surface area contributed by atoms with Crippen LogP contribution < -0.4 is 5.01 Å². The second kappa shape index (κ2) is 7.85. The number of nitrogens with zero attached hydrogens (tertiary/aromatic N) is 3. The lowest BCUT2D eigenvalue weighted by molar-refractivity contribution is -0.436. The van der Waals surface area contributed by atoms with E-state index < -0.39 is 10.1 Å². The van der Waals surface area contributed by atoms with Crippen molar-refractivity contribution in [2.24, 2.45) is 5.10 Å². The van der Waals surface area contributed by atoms with Gasteiger partial charge in [0.05, 0.1) is 21.2 Å². The summed E-state index contributed by atoms with van der Waals surface area (Å²) >= 11 is 0. The number of para-hydroxylation sites is 2. The van der Waals surface area contributed by atoms with Gasteiger partial charge in [-0.15, -0.1) is 0 Å². The van der Waals surface area contributed by atoms with E-state index in [0.29, 0.717) is 6.54 Å². The SMILES string of the molecule is CN(/N=C/C1=[N+](CCCS(=O)(=O)[O-])c2ccccc2C1(C)C)c1ccccc1. The molecule has 0 N–H and O–H groups in total. The summed E-state index contributed by atoms with van der Waals surface area (Å²) in [6, 6.07) is 17.9. The fourth-order valence-electron chi connectivity index (χ4n) is 3.57. The van der Waals surface area contributed by atoms with E-state index in [4.69, 9.17) is 0 Å². The number of anilines is 1. The molecular weight excluding hydrogens is 374 g/mol. The second-order valence-corrected chi connectivity index (χ2v) is 8.92. The first-order chi connectivity index (χ1) is 13.2. The van der Waals surface area contributed by atoms with E-state index in [2.05, 4.69) is 29.6 Å². The van der Waals surface area contributed by atoms with Gasteiger partial charge in [-0.2, -0.15) is 9.68 Å². The Bertz CT molecular complexity index is 1010. The summed E-state index contributed by atoms with van der Waals surface area (Å²) < 4.78 is 35.1. The smallest absolute Gasteiger partial charge is 0.212 e. The molecule has 2 aromatic rings. The lowest BCUT2D eigenvalue weighted by Crippen LogP contribution is -2.32. The Morgan fingerprint density at radius 1 is 1.11 bits per heavy atom. The molecule has 0 saturated carbocycles. The van der Waals surface area contributed by atoms with E-state index in [9.17, 15) is 13.0 Å². The van der Waals surface area contributed by atoms with Gasteiger partial charge in [0.25, 0.3) is 0 Å². The first kappa shape index (κ1) is 20.2. The molecule has 28 heavy (non-hydrogen) atoms. The summed E-state index contributed by atoms with van der Waals surface area (Å²) in [6.07, 6.45) is 2.10. The summed E-state index contributed by atoms with van der Waals surface area (Å²) in [5, 5.41) is 6.41. The fourth-order valence-corrected chi connectivity index (χ4v) is 4.05. The van der Waals surface area contributed by atoms with Crippen molar-refractivity contribution in [3.63, 3.8) is 0 Å². The summed E-state index contributed by atoms with van der Waals surface area (Å²) in [5.74, 6) is -0.375. The largest absolute Gasteiger partial charge is 0.748 e. The van der Waals surface area contributed by atoms with Gasteiger partial charge in [0.2, 0.25) is 11.4 Å². The molecule has 0 aliphatic carbocycles. The molecule has 0 aromatic heterocycles. The minimum Gasteiger partial charge on any atom is -0.748 e. The van der Waals surface area contributed by atoms with Crippen LogP contribution in [0.5, 0.6) is 0 Å². The molecule has 7 heteroatoms. The molecule has 0 fully saturated rings. The third-order valence-electron chi connectivity index (χ3n) is 5.06. The third kappa shape index (κ3) is 4.31. The van der Waals surface area contributed by atoms with Gasteiger partial charge in [-0.05, 0) is 26.0 Å². The van der Waals surface area contributed by atoms with Crippen molar-refractivity contribution < 1.29 is 17.5 Å². The van der Waals surface area contributed by atoms with Crippen LogP contribution in [0.15, 0.2) is 59.7 Å². The predicted octanol–water partition coefficient (Wildman–Crippen LogP) is 3.12. The fraction of sp³-hybridized carbons (Fsp3) is 0.333. The molecule has 0 spiro atoms. The van der Waals surface area contributed by atoms with E-state index in [1.807, 2.05) is 61.8 Å². The first-order valence-corrected chi connectivity index (χ1v) is 10.8. The zero-order valence-electron chi connectivity index (χ0n) is 16.4. The molecule has 0 bridgehead atoms. The lowest BCUT2D eigenvalue weighted by Gasteiger charge is -2.16. The molecule has 0 atom stereocenters. The molecule has 6 nitrogen and oxygen atoms in total. The highest BCUT2D eigenvalue weighted by Gasteiger charge is 2.44. The van der Waals surface area contributed by atoms with Gasteiger partial charge in [-0.1, -0.05) is 36.4 Å². The average Bonchev–Trinajstić information content (AvgIpc) is 2.87. The average molecular weight is 400 g/mol. The third-order valence-corrected chi connectivity index (χ3v) is 5.85. The maximum Gasteiger partial charge on any atom is 0.212 e. The van der Waals surface area contributed by atoms with Crippen LogP contribution in [-0.2, 0) is 15.5 Å². The quantitative estimate of drug-likeness (QED) is 0.310. The molecule has 1 heterocycles. The van der Waals surface area contributed by atoms with Crippen molar-refractivity contribution in [2.75, 3.05) is 24.4 Å². The number of hydrogen-bond acceptors (Lipinski definition) is 5. The molecule has 0 amide bonds. The van der Waals surface area contributed by atoms with Crippen LogP contribution in [0.2, 0.25) is 0 Å². The van der Waals surface area contributed by atoms with Crippen molar-refractivity contribution in [3.8, 4) is 0 Å². The van der Waals surface area contributed by atoms with Crippen LogP contribution in [0.4, 0.5) is 11.4 Å². The number of hydrogen-bond donors (Lipinski definition) is 0. The molecule has 148 valence electrons. The van der Waals surface area contributed by atoms with Gasteiger partial charge >= 0.3 is 0 Å². The van der Waals surface area contributed by atoms with Gasteiger partial charge in [-0.3, -0.25) is 5.01 Å². The van der Waals surface area contributed by atoms with Crippen molar-refractivity contribution in [1.82, 2.24) is 0 Å². The van der Waals surface area contributed by atoms with Crippen LogP contribution in [0.25, 0.3) is 0 Å². The molecule has 0 unspecified atom stereocenters. The minimum atomic E-state index is -4.23. The highest BCUT2D eigenvalue weighted by molar-refractivity contribution is 7.85. The Morgan fingerprint density at radius 3 is 2.43 bits per heavy atom. The Labute approximate surface area is 166 Å². The number of hydrazone groups is 1. The molecule has 3 rings (SSSR count). The molecule has 0 saturated heterocycles. The number of rotatable bonds is 7. The van der Waals surface area contributed by atoms with Crippen molar-refractivity contribution in [3.05, 3.63) is 60.2 Å². The summed E-state index contributed by atoms with van der Waals surface area (Å²) in [4.78, 5) is 0. The maximum absolute atomic E-state index is 11.0. The first-order valence-electron chi connectivity index (χ1n) is 9.21. The van der Waals surface area contributed by atoms with Gasteiger partial charge in [0, 0.05) is 30.9 Å². The summed E-state index contributed by atoms with van der Waals surface area (Å²) in [5.41, 5.74) is 3.84. The van der Waals surface area contributed by atoms with Crippen molar-refractivity contribution in [2.45, 2.75) is 25.7 Å². The Balaban J connectivity index is 1.95. The summed E-state index contributed by atoms with van der Waals surface area (Å²) in [6.45, 7) is 4.69. The number of fused-ring (bicyclic) bond motifs is 1. The number of benzene rings is 2. The topological polar surface area (TPSA) is 75.8 Å². The predicted molar refractivity (Wildman–Crippen MR) is 112 cm³/mol. The maximum atomic E-state index is 11.0. The van der Waals surface area contributed by atoms with Crippen molar-refractivity contribution >= 4 is 33.4 Å². The van der Waals surface area contributed by atoms with Gasteiger partial charge < -0.3 is 4.55 Å². The van der Waals surface area contributed by atoms with E-state index >= 15 is 0 Å². The normalized spacial score (nSPS) is 15.9. The molecule has 1 aliphatic rings. The van der Waals surface area contributed by atoms with Crippen LogP contribution in [0, 0.1) is 0 Å². The lowest BCUT2D eigenvalue weighted by atomic mass is 9.82. The Morgan fingerprint density at radius 2 is 1.75 bits per heavy atom. The van der Waals surface area contributed by atoms with Gasteiger partial charge in [0.1, 0.15) is 12.8 Å².